The van der Waals surface area contributed by atoms with Crippen molar-refractivity contribution >= 4 is 21.7 Å². The molecular formula is C27H25FN4O5S. The molecule has 2 aromatic heterocycles. The number of aryl methyl sites for hydroxylation is 3. The number of benzene rings is 2. The van der Waals surface area contributed by atoms with Crippen LogP contribution in [-0.4, -0.2) is 31.4 Å². The predicted octanol–water partition coefficient (Wildman–Crippen LogP) is 4.71. The van der Waals surface area contributed by atoms with Crippen LogP contribution in [0.5, 0.6) is 17.4 Å². The van der Waals surface area contributed by atoms with Gasteiger partial charge in [0.2, 0.25) is 5.88 Å². The number of sulfonamides is 1. The van der Waals surface area contributed by atoms with Crippen LogP contribution in [0.1, 0.15) is 27.0 Å². The quantitative estimate of drug-likeness (QED) is 0.347. The third-order valence-electron chi connectivity index (χ3n) is 5.59. The van der Waals surface area contributed by atoms with Gasteiger partial charge in [0, 0.05) is 5.56 Å². The number of nitrogen functional groups attached to an aromatic ring is 1. The normalized spacial score (nSPS) is 11.2. The van der Waals surface area contributed by atoms with E-state index in [2.05, 4.69) is 9.97 Å². The number of carbonyl (C=O) groups is 1. The first-order chi connectivity index (χ1) is 18.0. The molecule has 0 unspecified atom stereocenters. The zero-order chi connectivity index (χ0) is 27.6. The Morgan fingerprint density at radius 3 is 2.34 bits per heavy atom. The van der Waals surface area contributed by atoms with Crippen molar-refractivity contribution in [3.05, 3.63) is 88.7 Å². The standard InChI is InChI=1S/C27H25FN4O5S/c1-15-12-16(2)25(17(3)13-15)37-27-19(26(33)32-38(34,35)24-7-5-6-23(29)31-24)9-10-21(30-27)20-14-18(28)8-11-22(20)36-4/h5-14H,1-4H3,(H2,29,31)(H,32,33). The Kier molecular flexibility index (Phi) is 7.31. The number of nitrogens with zero attached hydrogens (tertiary/aromatic N) is 2. The highest BCUT2D eigenvalue weighted by atomic mass is 32.2. The van der Waals surface area contributed by atoms with Crippen LogP contribution in [0.3, 0.4) is 0 Å². The van der Waals surface area contributed by atoms with Crippen LogP contribution in [-0.2, 0) is 10.0 Å². The molecule has 0 aliphatic heterocycles. The SMILES string of the molecule is COc1ccc(F)cc1-c1ccc(C(=O)NS(=O)(=O)c2cccc(N)n2)c(Oc2c(C)cc(C)cc2C)n1. The predicted molar refractivity (Wildman–Crippen MR) is 140 cm³/mol. The van der Waals surface area contributed by atoms with Crippen LogP contribution < -0.4 is 19.9 Å². The van der Waals surface area contributed by atoms with Crippen molar-refractivity contribution in [1.29, 1.82) is 0 Å². The molecule has 0 bridgehead atoms. The number of aromatic nitrogens is 2. The summed E-state index contributed by atoms with van der Waals surface area (Å²) in [6, 6.07) is 14.6. The first-order valence-corrected chi connectivity index (χ1v) is 12.9. The minimum absolute atomic E-state index is 0.0234. The topological polar surface area (TPSA) is 134 Å². The van der Waals surface area contributed by atoms with E-state index in [1.54, 1.807) is 0 Å². The molecule has 0 saturated heterocycles. The van der Waals surface area contributed by atoms with Gasteiger partial charge in [0.15, 0.2) is 5.03 Å². The molecule has 196 valence electrons. The van der Waals surface area contributed by atoms with Gasteiger partial charge in [-0.1, -0.05) is 23.8 Å². The molecule has 38 heavy (non-hydrogen) atoms. The van der Waals surface area contributed by atoms with Crippen molar-refractivity contribution < 1.29 is 27.1 Å². The summed E-state index contributed by atoms with van der Waals surface area (Å²) in [5, 5.41) is -0.424. The Balaban J connectivity index is 1.82. The van der Waals surface area contributed by atoms with E-state index in [-0.39, 0.29) is 23.0 Å². The number of anilines is 1. The van der Waals surface area contributed by atoms with Gasteiger partial charge >= 0.3 is 0 Å². The summed E-state index contributed by atoms with van der Waals surface area (Å²) in [6.07, 6.45) is 0. The Morgan fingerprint density at radius 2 is 1.68 bits per heavy atom. The van der Waals surface area contributed by atoms with Crippen molar-refractivity contribution in [2.45, 2.75) is 25.8 Å². The lowest BCUT2D eigenvalue weighted by Crippen LogP contribution is -2.31. The Labute approximate surface area is 219 Å². The second kappa shape index (κ2) is 10.5. The third kappa shape index (κ3) is 5.57. The summed E-state index contributed by atoms with van der Waals surface area (Å²) >= 11 is 0. The average molecular weight is 537 g/mol. The molecule has 0 fully saturated rings. The molecule has 0 atom stereocenters. The number of carbonyl (C=O) groups excluding carboxylic acids is 1. The lowest BCUT2D eigenvalue weighted by atomic mass is 10.1. The van der Waals surface area contributed by atoms with E-state index in [1.807, 2.05) is 37.6 Å². The van der Waals surface area contributed by atoms with Crippen LogP contribution in [0.25, 0.3) is 11.3 Å². The molecule has 0 radical (unpaired) electrons. The Hall–Kier alpha value is -4.51. The smallest absolute Gasteiger partial charge is 0.281 e. The highest BCUT2D eigenvalue weighted by molar-refractivity contribution is 7.90. The number of rotatable bonds is 7. The van der Waals surface area contributed by atoms with Gasteiger partial charge in [-0.25, -0.2) is 19.1 Å². The molecule has 0 aliphatic rings. The number of halogens is 1. The van der Waals surface area contributed by atoms with Crippen LogP contribution in [0.2, 0.25) is 0 Å². The summed E-state index contributed by atoms with van der Waals surface area (Å²) in [7, 11) is -2.93. The summed E-state index contributed by atoms with van der Waals surface area (Å²) in [5.41, 5.74) is 8.56. The van der Waals surface area contributed by atoms with Crippen molar-refractivity contribution in [3.63, 3.8) is 0 Å². The van der Waals surface area contributed by atoms with Crippen molar-refractivity contribution in [3.8, 4) is 28.6 Å². The van der Waals surface area contributed by atoms with Gasteiger partial charge in [-0.05, 0) is 74.4 Å². The largest absolute Gasteiger partial charge is 0.496 e. The zero-order valence-electron chi connectivity index (χ0n) is 21.1. The van der Waals surface area contributed by atoms with Crippen molar-refractivity contribution in [1.82, 2.24) is 14.7 Å². The maximum absolute atomic E-state index is 14.1. The molecule has 0 saturated carbocycles. The fraction of sp³-hybridized carbons (Fsp3) is 0.148. The number of hydrogen-bond acceptors (Lipinski definition) is 8. The first-order valence-electron chi connectivity index (χ1n) is 11.4. The maximum Gasteiger partial charge on any atom is 0.281 e. The van der Waals surface area contributed by atoms with Crippen LogP contribution >= 0.6 is 0 Å². The lowest BCUT2D eigenvalue weighted by Gasteiger charge is -2.16. The zero-order valence-corrected chi connectivity index (χ0v) is 21.9. The van der Waals surface area contributed by atoms with Gasteiger partial charge < -0.3 is 15.2 Å². The van der Waals surface area contributed by atoms with E-state index in [9.17, 15) is 17.6 Å². The summed E-state index contributed by atoms with van der Waals surface area (Å²) in [4.78, 5) is 21.5. The Bertz CT molecular complexity index is 1630. The second-order valence-electron chi connectivity index (χ2n) is 8.56. The van der Waals surface area contributed by atoms with E-state index in [1.165, 1.54) is 55.6 Å². The third-order valence-corrected chi connectivity index (χ3v) is 6.83. The summed E-state index contributed by atoms with van der Waals surface area (Å²) < 4.78 is 53.2. The molecular weight excluding hydrogens is 511 g/mol. The maximum atomic E-state index is 14.1. The number of methoxy groups -OCH3 is 1. The minimum atomic E-state index is -4.36. The average Bonchev–Trinajstić information content (AvgIpc) is 2.85. The summed E-state index contributed by atoms with van der Waals surface area (Å²) in [6.45, 7) is 5.61. The fourth-order valence-electron chi connectivity index (χ4n) is 3.96. The van der Waals surface area contributed by atoms with E-state index in [0.717, 1.165) is 16.7 Å². The molecule has 2 heterocycles. The van der Waals surface area contributed by atoms with Crippen LogP contribution in [0, 0.1) is 26.6 Å². The highest BCUT2D eigenvalue weighted by Crippen LogP contribution is 2.35. The second-order valence-corrected chi connectivity index (χ2v) is 10.2. The number of nitrogens with one attached hydrogen (secondary N) is 1. The summed E-state index contributed by atoms with van der Waals surface area (Å²) in [5.74, 6) is -0.933. The van der Waals surface area contributed by atoms with Crippen molar-refractivity contribution in [2.75, 3.05) is 12.8 Å². The molecule has 0 aliphatic carbocycles. The number of hydrogen-bond donors (Lipinski definition) is 2. The van der Waals surface area contributed by atoms with Crippen LogP contribution in [0.4, 0.5) is 10.2 Å². The van der Waals surface area contributed by atoms with Gasteiger partial charge in [-0.3, -0.25) is 4.79 Å². The molecule has 0 spiro atoms. The van der Waals surface area contributed by atoms with Gasteiger partial charge in [0.05, 0.1) is 12.8 Å². The van der Waals surface area contributed by atoms with Crippen LogP contribution in [0.15, 0.2) is 65.7 Å². The van der Waals surface area contributed by atoms with Gasteiger partial charge in [-0.2, -0.15) is 8.42 Å². The number of nitrogens with two attached hydrogens (primary N) is 1. The van der Waals surface area contributed by atoms with Crippen molar-refractivity contribution in [2.24, 2.45) is 0 Å². The van der Waals surface area contributed by atoms with E-state index in [0.29, 0.717) is 17.1 Å². The number of pyridine rings is 2. The molecule has 11 heteroatoms. The fourth-order valence-corrected chi connectivity index (χ4v) is 4.90. The Morgan fingerprint density at radius 1 is 0.974 bits per heavy atom. The number of ether oxygens (including phenoxy) is 2. The lowest BCUT2D eigenvalue weighted by molar-refractivity contribution is 0.0978. The van der Waals surface area contributed by atoms with Gasteiger partial charge in [0.25, 0.3) is 15.9 Å². The molecule has 9 nitrogen and oxygen atoms in total. The monoisotopic (exact) mass is 536 g/mol. The number of amides is 1. The molecule has 4 aromatic rings. The molecule has 4 rings (SSSR count). The van der Waals surface area contributed by atoms with Gasteiger partial charge in [0.1, 0.15) is 28.7 Å². The van der Waals surface area contributed by atoms with E-state index >= 15 is 0 Å². The van der Waals surface area contributed by atoms with Gasteiger partial charge in [-0.15, -0.1) is 0 Å². The molecule has 2 aromatic carbocycles. The van der Waals surface area contributed by atoms with E-state index < -0.39 is 26.8 Å². The minimum Gasteiger partial charge on any atom is -0.496 e. The molecule has 1 amide bonds. The highest BCUT2D eigenvalue weighted by Gasteiger charge is 2.25. The van der Waals surface area contributed by atoms with E-state index in [4.69, 9.17) is 15.2 Å². The molecule has 3 N–H and O–H groups in total. The first kappa shape index (κ1) is 26.6.